The van der Waals surface area contributed by atoms with Crippen molar-refractivity contribution in [3.05, 3.63) is 53.6 Å². The molecule has 0 spiro atoms. The van der Waals surface area contributed by atoms with Crippen molar-refractivity contribution in [2.75, 3.05) is 7.11 Å². The van der Waals surface area contributed by atoms with Crippen LogP contribution in [-0.4, -0.2) is 14.1 Å². The first kappa shape index (κ1) is 20.4. The molecule has 0 fully saturated rings. The summed E-state index contributed by atoms with van der Waals surface area (Å²) in [5.41, 5.74) is -0.908. The van der Waals surface area contributed by atoms with Crippen LogP contribution in [0.1, 0.15) is 5.56 Å². The number of methoxy groups -OCH3 is 1. The Morgan fingerprint density at radius 3 is 2.22 bits per heavy atom. The van der Waals surface area contributed by atoms with Crippen LogP contribution in [0.3, 0.4) is 0 Å². The average Bonchev–Trinajstić information content (AvgIpc) is 2.46. The van der Waals surface area contributed by atoms with Gasteiger partial charge in [0.15, 0.2) is 11.6 Å². The van der Waals surface area contributed by atoms with E-state index < -0.39 is 36.4 Å². The zero-order valence-corrected chi connectivity index (χ0v) is 15.6. The van der Waals surface area contributed by atoms with Gasteiger partial charge in [-0.2, -0.15) is 0 Å². The quantitative estimate of drug-likeness (QED) is 0.578. The fraction of sp³-hybridized carbons (Fsp3) is 0.143. The van der Waals surface area contributed by atoms with Crippen molar-refractivity contribution in [2.24, 2.45) is 0 Å². The molecule has 9 heteroatoms. The van der Waals surface area contributed by atoms with Gasteiger partial charge in [-0.1, -0.05) is 6.07 Å². The summed E-state index contributed by atoms with van der Waals surface area (Å²) in [5, 5.41) is 0. The Morgan fingerprint density at radius 2 is 1.65 bits per heavy atom. The van der Waals surface area contributed by atoms with E-state index in [9.17, 15) is 21.7 Å². The Bertz CT molecular complexity index is 679. The van der Waals surface area contributed by atoms with Gasteiger partial charge in [0.05, 0.1) is 7.11 Å². The molecule has 0 saturated heterocycles. The second kappa shape index (κ2) is 8.48. The van der Waals surface area contributed by atoms with Crippen LogP contribution in [0.25, 0.3) is 0 Å². The number of ether oxygens (including phenoxy) is 2. The molecule has 23 heavy (non-hydrogen) atoms. The van der Waals surface area contributed by atoms with E-state index in [0.29, 0.717) is 18.2 Å². The third kappa shape index (κ3) is 5.46. The number of rotatable bonds is 5. The van der Waals surface area contributed by atoms with E-state index in [1.807, 2.05) is 0 Å². The second-order valence-electron chi connectivity index (χ2n) is 4.51. The van der Waals surface area contributed by atoms with Crippen LogP contribution in [0.5, 0.6) is 11.5 Å². The first-order valence-electron chi connectivity index (χ1n) is 6.26. The minimum Gasteiger partial charge on any atom is -0.497 e. The van der Waals surface area contributed by atoms with Crippen molar-refractivity contribution in [1.29, 1.82) is 0 Å². The molecule has 2 aromatic rings. The third-order valence-corrected chi connectivity index (χ3v) is 2.98. The SMILES string of the molecule is COc1ccc(COc2cc([B-](F)(F)F)ccc2F)c(F)c1.[K+]. The molecule has 0 amide bonds. The molecular formula is C14H11BF5KO2. The van der Waals surface area contributed by atoms with Crippen molar-refractivity contribution >= 4 is 12.4 Å². The normalized spacial score (nSPS) is 10.9. The molecule has 118 valence electrons. The molecule has 2 nitrogen and oxygen atoms in total. The Kier molecular flexibility index (Phi) is 7.53. The molecule has 0 N–H and O–H groups in total. The summed E-state index contributed by atoms with van der Waals surface area (Å²) in [4.78, 5) is 0. The molecule has 0 radical (unpaired) electrons. The molecule has 2 rings (SSSR count). The molecule has 0 bridgehead atoms. The Morgan fingerprint density at radius 1 is 0.957 bits per heavy atom. The molecule has 0 atom stereocenters. The summed E-state index contributed by atoms with van der Waals surface area (Å²) >= 11 is 0. The first-order chi connectivity index (χ1) is 10.3. The Labute approximate surface area is 172 Å². The monoisotopic (exact) mass is 356 g/mol. The minimum absolute atomic E-state index is 0. The molecular weight excluding hydrogens is 345 g/mol. The fourth-order valence-electron chi connectivity index (χ4n) is 1.76. The van der Waals surface area contributed by atoms with Gasteiger partial charge in [-0.05, 0) is 24.3 Å². The molecule has 0 unspecified atom stereocenters. The summed E-state index contributed by atoms with van der Waals surface area (Å²) in [7, 11) is 1.37. The molecule has 0 heterocycles. The summed E-state index contributed by atoms with van der Waals surface area (Å²) < 4.78 is 74.8. The van der Waals surface area contributed by atoms with Crippen molar-refractivity contribution < 1.29 is 82.6 Å². The average molecular weight is 356 g/mol. The maximum atomic E-state index is 13.7. The topological polar surface area (TPSA) is 18.5 Å². The van der Waals surface area contributed by atoms with Crippen LogP contribution in [0.4, 0.5) is 21.7 Å². The van der Waals surface area contributed by atoms with Crippen LogP contribution < -0.4 is 66.3 Å². The number of benzene rings is 2. The first-order valence-corrected chi connectivity index (χ1v) is 6.26. The van der Waals surface area contributed by atoms with Gasteiger partial charge < -0.3 is 22.4 Å². The van der Waals surface area contributed by atoms with Gasteiger partial charge in [-0.25, -0.2) is 8.78 Å². The van der Waals surface area contributed by atoms with Gasteiger partial charge in [0.25, 0.3) is 0 Å². The predicted molar refractivity (Wildman–Crippen MR) is 72.4 cm³/mol. The Balaban J connectivity index is 0.00000264. The van der Waals surface area contributed by atoms with E-state index in [1.165, 1.54) is 19.2 Å². The van der Waals surface area contributed by atoms with E-state index in [-0.39, 0.29) is 62.7 Å². The van der Waals surface area contributed by atoms with Gasteiger partial charge in [-0.3, -0.25) is 0 Å². The largest absolute Gasteiger partial charge is 1.00 e. The van der Waals surface area contributed by atoms with Gasteiger partial charge in [-0.15, -0.1) is 5.46 Å². The number of hydrogen-bond donors (Lipinski definition) is 0. The second-order valence-corrected chi connectivity index (χ2v) is 4.51. The Hall–Kier alpha value is -0.609. The van der Waals surface area contributed by atoms with Crippen molar-refractivity contribution in [1.82, 2.24) is 0 Å². The van der Waals surface area contributed by atoms with Crippen molar-refractivity contribution in [2.45, 2.75) is 6.61 Å². The van der Waals surface area contributed by atoms with Crippen LogP contribution in [-0.2, 0) is 6.61 Å². The van der Waals surface area contributed by atoms with Crippen molar-refractivity contribution in [3.8, 4) is 11.5 Å². The van der Waals surface area contributed by atoms with E-state index in [2.05, 4.69) is 0 Å². The maximum Gasteiger partial charge on any atom is 1.00 e. The van der Waals surface area contributed by atoms with E-state index in [4.69, 9.17) is 9.47 Å². The van der Waals surface area contributed by atoms with Crippen LogP contribution in [0, 0.1) is 11.6 Å². The molecule has 0 aromatic heterocycles. The molecule has 0 aliphatic rings. The van der Waals surface area contributed by atoms with Gasteiger partial charge in [0.1, 0.15) is 18.2 Å². The summed E-state index contributed by atoms with van der Waals surface area (Å²) in [6, 6.07) is 5.79. The van der Waals surface area contributed by atoms with Crippen molar-refractivity contribution in [3.63, 3.8) is 0 Å². The molecule has 0 aliphatic carbocycles. The van der Waals surface area contributed by atoms with E-state index >= 15 is 0 Å². The number of hydrogen-bond acceptors (Lipinski definition) is 2. The van der Waals surface area contributed by atoms with Gasteiger partial charge >= 0.3 is 58.4 Å². The standard InChI is InChI=1S/C14H11BF5O2.K/c1-21-11-4-2-9(13(17)7-11)8-22-14-6-10(15(18,19)20)3-5-12(14)16;/h2-7H,8H2,1H3;/q-1;+1. The zero-order valence-electron chi connectivity index (χ0n) is 12.5. The van der Waals surface area contributed by atoms with Gasteiger partial charge in [0.2, 0.25) is 0 Å². The van der Waals surface area contributed by atoms with Crippen LogP contribution >= 0.6 is 0 Å². The summed E-state index contributed by atoms with van der Waals surface area (Å²) in [5.74, 6) is -1.89. The number of halogens is 5. The van der Waals surface area contributed by atoms with Crippen LogP contribution in [0.2, 0.25) is 0 Å². The summed E-state index contributed by atoms with van der Waals surface area (Å²) in [6.07, 6.45) is 0. The predicted octanol–water partition coefficient (Wildman–Crippen LogP) is 0.611. The maximum absolute atomic E-state index is 13.7. The molecule has 0 saturated carbocycles. The zero-order chi connectivity index (χ0) is 16.3. The smallest absolute Gasteiger partial charge is 0.497 e. The third-order valence-electron chi connectivity index (χ3n) is 2.98. The minimum atomic E-state index is -5.26. The summed E-state index contributed by atoms with van der Waals surface area (Å²) in [6.45, 7) is -5.66. The van der Waals surface area contributed by atoms with E-state index in [1.54, 1.807) is 0 Å². The van der Waals surface area contributed by atoms with E-state index in [0.717, 1.165) is 6.07 Å². The van der Waals surface area contributed by atoms with Crippen LogP contribution in [0.15, 0.2) is 36.4 Å². The molecule has 0 aliphatic heterocycles. The fourth-order valence-corrected chi connectivity index (χ4v) is 1.76. The van der Waals surface area contributed by atoms with Gasteiger partial charge in [0, 0.05) is 11.6 Å². The molecule has 2 aromatic carbocycles.